The summed E-state index contributed by atoms with van der Waals surface area (Å²) in [6, 6.07) is 12.1. The van der Waals surface area contributed by atoms with Crippen molar-refractivity contribution in [3.05, 3.63) is 75.7 Å². The Kier molecular flexibility index (Phi) is 3.53. The summed E-state index contributed by atoms with van der Waals surface area (Å²) in [5.41, 5.74) is 1.88. The van der Waals surface area contributed by atoms with Gasteiger partial charge in [-0.05, 0) is 35.4 Å². The molecule has 0 bridgehead atoms. The van der Waals surface area contributed by atoms with Gasteiger partial charge in [0.25, 0.3) is 5.56 Å². The Morgan fingerprint density at radius 3 is 2.45 bits per heavy atom. The van der Waals surface area contributed by atoms with Crippen LogP contribution in [-0.4, -0.2) is 21.3 Å². The zero-order chi connectivity index (χ0) is 15.5. The van der Waals surface area contributed by atoms with Crippen molar-refractivity contribution >= 4 is 28.9 Å². The molecular formula is C17H12N2O3. The van der Waals surface area contributed by atoms with Crippen LogP contribution in [0.15, 0.2) is 53.5 Å². The van der Waals surface area contributed by atoms with Crippen LogP contribution in [0.2, 0.25) is 0 Å². The first-order valence-electron chi connectivity index (χ1n) is 6.62. The van der Waals surface area contributed by atoms with Crippen molar-refractivity contribution in [2.45, 2.75) is 0 Å². The molecular weight excluding hydrogens is 280 g/mol. The van der Waals surface area contributed by atoms with Gasteiger partial charge in [0.05, 0.1) is 17.1 Å². The third-order valence-corrected chi connectivity index (χ3v) is 3.32. The highest BCUT2D eigenvalue weighted by molar-refractivity contribution is 5.88. The Bertz CT molecular complexity index is 925. The number of H-pyrrole nitrogens is 1. The van der Waals surface area contributed by atoms with Crippen molar-refractivity contribution in [2.24, 2.45) is 0 Å². The summed E-state index contributed by atoms with van der Waals surface area (Å²) in [6.45, 7) is 0. The standard InChI is InChI=1S/C17H12N2O3/c20-16-15-8-5-12(9-14(15)10-18-19-16)2-1-11-3-6-13(7-4-11)17(21)22/h1-10H,(H,19,20)(H,21,22)/b2-1+. The predicted molar refractivity (Wildman–Crippen MR) is 84.7 cm³/mol. The third-order valence-electron chi connectivity index (χ3n) is 3.32. The second-order valence-electron chi connectivity index (χ2n) is 4.81. The van der Waals surface area contributed by atoms with Crippen LogP contribution in [-0.2, 0) is 0 Å². The first-order chi connectivity index (χ1) is 10.6. The van der Waals surface area contributed by atoms with E-state index in [-0.39, 0.29) is 11.1 Å². The van der Waals surface area contributed by atoms with Crippen molar-refractivity contribution in [1.82, 2.24) is 10.2 Å². The molecule has 0 radical (unpaired) electrons. The van der Waals surface area contributed by atoms with Gasteiger partial charge < -0.3 is 5.11 Å². The molecule has 5 heteroatoms. The highest BCUT2D eigenvalue weighted by atomic mass is 16.4. The smallest absolute Gasteiger partial charge is 0.335 e. The SMILES string of the molecule is O=C(O)c1ccc(/C=C/c2ccc3c(=O)[nH]ncc3c2)cc1. The number of nitrogens with one attached hydrogen (secondary N) is 1. The minimum absolute atomic E-state index is 0.211. The van der Waals surface area contributed by atoms with Crippen LogP contribution >= 0.6 is 0 Å². The van der Waals surface area contributed by atoms with E-state index in [2.05, 4.69) is 10.2 Å². The van der Waals surface area contributed by atoms with Gasteiger partial charge >= 0.3 is 5.97 Å². The maximum Gasteiger partial charge on any atom is 0.335 e. The van der Waals surface area contributed by atoms with E-state index >= 15 is 0 Å². The molecule has 3 rings (SSSR count). The molecule has 0 aliphatic heterocycles. The molecule has 108 valence electrons. The Hall–Kier alpha value is -3.21. The number of aromatic carboxylic acids is 1. The first-order valence-corrected chi connectivity index (χ1v) is 6.62. The van der Waals surface area contributed by atoms with Gasteiger partial charge in [-0.2, -0.15) is 5.10 Å². The van der Waals surface area contributed by atoms with Crippen LogP contribution in [0, 0.1) is 0 Å². The number of carboxylic acids is 1. The number of rotatable bonds is 3. The number of fused-ring (bicyclic) bond motifs is 1. The van der Waals surface area contributed by atoms with Crippen LogP contribution in [0.5, 0.6) is 0 Å². The van der Waals surface area contributed by atoms with E-state index in [9.17, 15) is 9.59 Å². The van der Waals surface area contributed by atoms with E-state index in [1.54, 1.807) is 36.5 Å². The number of aromatic nitrogens is 2. The molecule has 0 amide bonds. The van der Waals surface area contributed by atoms with Crippen LogP contribution < -0.4 is 5.56 Å². The largest absolute Gasteiger partial charge is 0.478 e. The summed E-state index contributed by atoms with van der Waals surface area (Å²) in [6.07, 6.45) is 5.39. The lowest BCUT2D eigenvalue weighted by molar-refractivity contribution is 0.0697. The molecule has 0 aliphatic rings. The molecule has 22 heavy (non-hydrogen) atoms. The molecule has 5 nitrogen and oxygen atoms in total. The van der Waals surface area contributed by atoms with Gasteiger partial charge in [-0.1, -0.05) is 30.4 Å². The predicted octanol–water partition coefficient (Wildman–Crippen LogP) is 2.79. The number of nitrogens with zero attached hydrogens (tertiary/aromatic N) is 1. The summed E-state index contributed by atoms with van der Waals surface area (Å²) >= 11 is 0. The number of aromatic amines is 1. The number of carboxylic acid groups (broad SMARTS) is 1. The number of hydrogen-bond acceptors (Lipinski definition) is 3. The third kappa shape index (κ3) is 2.78. The lowest BCUT2D eigenvalue weighted by Gasteiger charge is -1.99. The van der Waals surface area contributed by atoms with Gasteiger partial charge in [0.2, 0.25) is 0 Å². The zero-order valence-electron chi connectivity index (χ0n) is 11.5. The number of benzene rings is 2. The molecule has 0 atom stereocenters. The normalized spacial score (nSPS) is 11.1. The molecule has 1 aromatic heterocycles. The molecule has 1 heterocycles. The van der Waals surface area contributed by atoms with Gasteiger partial charge in [-0.15, -0.1) is 0 Å². The zero-order valence-corrected chi connectivity index (χ0v) is 11.5. The van der Waals surface area contributed by atoms with Crippen molar-refractivity contribution < 1.29 is 9.90 Å². The quantitative estimate of drug-likeness (QED) is 0.727. The van der Waals surface area contributed by atoms with Crippen molar-refractivity contribution in [1.29, 1.82) is 0 Å². The fraction of sp³-hybridized carbons (Fsp3) is 0. The highest BCUT2D eigenvalue weighted by Crippen LogP contribution is 2.14. The van der Waals surface area contributed by atoms with Crippen molar-refractivity contribution in [2.75, 3.05) is 0 Å². The highest BCUT2D eigenvalue weighted by Gasteiger charge is 2.01. The molecule has 0 unspecified atom stereocenters. The van der Waals surface area contributed by atoms with Crippen LogP contribution in [0.3, 0.4) is 0 Å². The summed E-state index contributed by atoms with van der Waals surface area (Å²) in [5.74, 6) is -0.942. The van der Waals surface area contributed by atoms with Crippen molar-refractivity contribution in [3.8, 4) is 0 Å². The van der Waals surface area contributed by atoms with E-state index in [1.807, 2.05) is 24.3 Å². The van der Waals surface area contributed by atoms with Crippen LogP contribution in [0.25, 0.3) is 22.9 Å². The summed E-state index contributed by atoms with van der Waals surface area (Å²) in [7, 11) is 0. The maximum absolute atomic E-state index is 11.6. The lowest BCUT2D eigenvalue weighted by Crippen LogP contribution is -2.06. The molecule has 2 aromatic carbocycles. The Balaban J connectivity index is 1.89. The van der Waals surface area contributed by atoms with Gasteiger partial charge in [0.1, 0.15) is 0 Å². The Morgan fingerprint density at radius 2 is 1.73 bits per heavy atom. The summed E-state index contributed by atoms with van der Waals surface area (Å²) < 4.78 is 0. The first kappa shape index (κ1) is 13.8. The number of carbonyl (C=O) groups is 1. The van der Waals surface area contributed by atoms with E-state index in [1.165, 1.54) is 0 Å². The van der Waals surface area contributed by atoms with Crippen molar-refractivity contribution in [3.63, 3.8) is 0 Å². The maximum atomic E-state index is 11.6. The molecule has 0 saturated heterocycles. The van der Waals surface area contributed by atoms with E-state index in [4.69, 9.17) is 5.11 Å². The fourth-order valence-corrected chi connectivity index (χ4v) is 2.15. The average Bonchev–Trinajstić information content (AvgIpc) is 2.53. The molecule has 0 saturated carbocycles. The molecule has 0 aliphatic carbocycles. The Morgan fingerprint density at radius 1 is 1.05 bits per heavy atom. The topological polar surface area (TPSA) is 83.0 Å². The van der Waals surface area contributed by atoms with Crippen LogP contribution in [0.4, 0.5) is 0 Å². The minimum Gasteiger partial charge on any atom is -0.478 e. The molecule has 2 N–H and O–H groups in total. The van der Waals surface area contributed by atoms with E-state index in [0.717, 1.165) is 16.5 Å². The van der Waals surface area contributed by atoms with Gasteiger partial charge in [0.15, 0.2) is 0 Å². The summed E-state index contributed by atoms with van der Waals surface area (Å²) in [4.78, 5) is 22.4. The van der Waals surface area contributed by atoms with E-state index < -0.39 is 5.97 Å². The fourth-order valence-electron chi connectivity index (χ4n) is 2.15. The molecule has 3 aromatic rings. The molecule has 0 fully saturated rings. The molecule has 0 spiro atoms. The Labute approximate surface area is 125 Å². The number of hydrogen-bond donors (Lipinski definition) is 2. The van der Waals surface area contributed by atoms with Gasteiger partial charge in [-0.25, -0.2) is 9.89 Å². The van der Waals surface area contributed by atoms with Crippen LogP contribution in [0.1, 0.15) is 21.5 Å². The monoisotopic (exact) mass is 292 g/mol. The lowest BCUT2D eigenvalue weighted by atomic mass is 10.1. The second-order valence-corrected chi connectivity index (χ2v) is 4.81. The summed E-state index contributed by atoms with van der Waals surface area (Å²) in [5, 5.41) is 16.4. The van der Waals surface area contributed by atoms with Gasteiger partial charge in [-0.3, -0.25) is 4.79 Å². The van der Waals surface area contributed by atoms with Gasteiger partial charge in [0, 0.05) is 5.39 Å². The average molecular weight is 292 g/mol. The minimum atomic E-state index is -0.942. The van der Waals surface area contributed by atoms with E-state index in [0.29, 0.717) is 5.39 Å². The second kappa shape index (κ2) is 5.65.